The van der Waals surface area contributed by atoms with Gasteiger partial charge >= 0.3 is 5.97 Å². The first-order chi connectivity index (χ1) is 11.5. The summed E-state index contributed by atoms with van der Waals surface area (Å²) in [5.74, 6) is -1.28. The zero-order valence-electron chi connectivity index (χ0n) is 12.8. The number of carbonyl (C=O) groups excluding carboxylic acids is 3. The van der Waals surface area contributed by atoms with Gasteiger partial charge in [0, 0.05) is 4.47 Å². The largest absolute Gasteiger partial charge is 0.497 e. The van der Waals surface area contributed by atoms with E-state index < -0.39 is 17.8 Å². The van der Waals surface area contributed by atoms with Crippen LogP contribution in [0.5, 0.6) is 5.75 Å². The van der Waals surface area contributed by atoms with Crippen LogP contribution < -0.4 is 9.64 Å². The lowest BCUT2D eigenvalue weighted by atomic mass is 10.1. The fraction of sp³-hybridized carbons (Fsp3) is 0.118. The summed E-state index contributed by atoms with van der Waals surface area (Å²) in [4.78, 5) is 38.5. The normalized spacial score (nSPS) is 13.0. The number of methoxy groups -OCH3 is 2. The summed E-state index contributed by atoms with van der Waals surface area (Å²) in [5, 5.41) is 0. The number of amides is 2. The Labute approximate surface area is 146 Å². The van der Waals surface area contributed by atoms with Crippen molar-refractivity contribution in [1.29, 1.82) is 0 Å². The molecular weight excluding hydrogens is 378 g/mol. The van der Waals surface area contributed by atoms with Crippen LogP contribution in [0.3, 0.4) is 0 Å². The van der Waals surface area contributed by atoms with Crippen LogP contribution in [0.1, 0.15) is 31.1 Å². The molecule has 0 fully saturated rings. The molecule has 0 atom stereocenters. The Morgan fingerprint density at radius 1 is 1.04 bits per heavy atom. The predicted molar refractivity (Wildman–Crippen MR) is 89.6 cm³/mol. The summed E-state index contributed by atoms with van der Waals surface area (Å²) < 4.78 is 10.3. The van der Waals surface area contributed by atoms with Crippen LogP contribution >= 0.6 is 15.9 Å². The summed E-state index contributed by atoms with van der Waals surface area (Å²) in [5.41, 5.74) is 0.772. The second-order valence-electron chi connectivity index (χ2n) is 4.99. The number of ether oxygens (including phenoxy) is 2. The van der Waals surface area contributed by atoms with E-state index in [0.29, 0.717) is 21.3 Å². The molecule has 0 radical (unpaired) electrons. The molecule has 0 spiro atoms. The number of nitrogens with zero attached hydrogens (tertiary/aromatic N) is 1. The number of halogens is 1. The highest BCUT2D eigenvalue weighted by atomic mass is 79.9. The van der Waals surface area contributed by atoms with E-state index in [4.69, 9.17) is 9.47 Å². The Hall–Kier alpha value is -2.67. The summed E-state index contributed by atoms with van der Waals surface area (Å²) in [6, 6.07) is 9.51. The smallest absolute Gasteiger partial charge is 0.340 e. The van der Waals surface area contributed by atoms with Crippen molar-refractivity contribution < 1.29 is 23.9 Å². The minimum Gasteiger partial charge on any atom is -0.497 e. The third-order valence-electron chi connectivity index (χ3n) is 3.70. The number of hydrogen-bond acceptors (Lipinski definition) is 5. The highest BCUT2D eigenvalue weighted by Crippen LogP contribution is 2.39. The molecule has 0 aromatic heterocycles. The molecule has 2 aromatic rings. The van der Waals surface area contributed by atoms with Crippen LogP contribution in [0.15, 0.2) is 40.9 Å². The van der Waals surface area contributed by atoms with Gasteiger partial charge in [0.2, 0.25) is 0 Å². The molecule has 0 aliphatic carbocycles. The number of rotatable bonds is 3. The molecule has 3 rings (SSSR count). The monoisotopic (exact) mass is 389 g/mol. The first kappa shape index (κ1) is 16.2. The van der Waals surface area contributed by atoms with E-state index in [1.54, 1.807) is 30.3 Å². The zero-order chi connectivity index (χ0) is 17.4. The van der Waals surface area contributed by atoms with Crippen LogP contribution in [-0.2, 0) is 4.74 Å². The predicted octanol–water partition coefficient (Wildman–Crippen LogP) is 3.04. The van der Waals surface area contributed by atoms with E-state index in [9.17, 15) is 14.4 Å². The van der Waals surface area contributed by atoms with Crippen molar-refractivity contribution >= 4 is 39.4 Å². The fourth-order valence-corrected chi connectivity index (χ4v) is 3.19. The SMILES string of the molecule is COC(=O)c1cc(OC)cc(Br)c1N1C(=O)c2ccccc2C1=O. The van der Waals surface area contributed by atoms with Crippen LogP contribution in [0.25, 0.3) is 0 Å². The van der Waals surface area contributed by atoms with E-state index >= 15 is 0 Å². The van der Waals surface area contributed by atoms with Crippen LogP contribution in [0.2, 0.25) is 0 Å². The summed E-state index contributed by atoms with van der Waals surface area (Å²) >= 11 is 3.31. The van der Waals surface area contributed by atoms with Gasteiger partial charge in [0.15, 0.2) is 0 Å². The Bertz CT molecular complexity index is 842. The van der Waals surface area contributed by atoms with E-state index in [1.165, 1.54) is 20.3 Å². The van der Waals surface area contributed by atoms with Crippen molar-refractivity contribution in [3.63, 3.8) is 0 Å². The van der Waals surface area contributed by atoms with Gasteiger partial charge in [-0.15, -0.1) is 0 Å². The summed E-state index contributed by atoms with van der Waals surface area (Å²) in [6.07, 6.45) is 0. The minimum atomic E-state index is -0.679. The van der Waals surface area contributed by atoms with Crippen LogP contribution in [0.4, 0.5) is 5.69 Å². The molecule has 1 heterocycles. The topological polar surface area (TPSA) is 72.9 Å². The highest BCUT2D eigenvalue weighted by molar-refractivity contribution is 9.10. The maximum absolute atomic E-state index is 12.7. The second-order valence-corrected chi connectivity index (χ2v) is 5.84. The molecule has 24 heavy (non-hydrogen) atoms. The number of fused-ring (bicyclic) bond motifs is 1. The second kappa shape index (κ2) is 6.09. The third kappa shape index (κ3) is 2.37. The molecular formula is C17H12BrNO5. The fourth-order valence-electron chi connectivity index (χ4n) is 2.58. The molecule has 0 N–H and O–H groups in total. The van der Waals surface area contributed by atoms with Gasteiger partial charge in [0.1, 0.15) is 5.75 Å². The number of esters is 1. The number of imide groups is 1. The quantitative estimate of drug-likeness (QED) is 0.595. The lowest BCUT2D eigenvalue weighted by Crippen LogP contribution is -2.31. The standard InChI is InChI=1S/C17H12BrNO5/c1-23-9-7-12(17(22)24-2)14(13(18)8-9)19-15(20)10-5-3-4-6-11(10)16(19)21/h3-8H,1-2H3. The molecule has 0 saturated heterocycles. The molecule has 2 aromatic carbocycles. The Kier molecular flexibility index (Phi) is 4.11. The number of carbonyl (C=O) groups is 3. The number of hydrogen-bond donors (Lipinski definition) is 0. The molecule has 1 aliphatic rings. The average molecular weight is 390 g/mol. The lowest BCUT2D eigenvalue weighted by Gasteiger charge is -2.19. The van der Waals surface area contributed by atoms with Crippen molar-refractivity contribution in [3.8, 4) is 5.75 Å². The van der Waals surface area contributed by atoms with Gasteiger partial charge in [-0.05, 0) is 40.2 Å². The lowest BCUT2D eigenvalue weighted by molar-refractivity contribution is 0.0601. The van der Waals surface area contributed by atoms with Gasteiger partial charge in [-0.3, -0.25) is 9.59 Å². The van der Waals surface area contributed by atoms with Gasteiger partial charge in [0.25, 0.3) is 11.8 Å². The first-order valence-electron chi connectivity index (χ1n) is 6.93. The maximum Gasteiger partial charge on any atom is 0.340 e. The average Bonchev–Trinajstić information content (AvgIpc) is 2.85. The molecule has 0 bridgehead atoms. The molecule has 0 saturated carbocycles. The zero-order valence-corrected chi connectivity index (χ0v) is 14.4. The molecule has 6 nitrogen and oxygen atoms in total. The van der Waals surface area contributed by atoms with Gasteiger partial charge in [-0.25, -0.2) is 9.69 Å². The van der Waals surface area contributed by atoms with Crippen LogP contribution in [-0.4, -0.2) is 32.0 Å². The summed E-state index contributed by atoms with van der Waals surface area (Å²) in [6.45, 7) is 0. The number of anilines is 1. The van der Waals surface area contributed by atoms with E-state index in [0.717, 1.165) is 4.90 Å². The van der Waals surface area contributed by atoms with E-state index in [1.807, 2.05) is 0 Å². The Morgan fingerprint density at radius 3 is 2.12 bits per heavy atom. The van der Waals surface area contributed by atoms with Crippen molar-refractivity contribution in [2.24, 2.45) is 0 Å². The van der Waals surface area contributed by atoms with Crippen molar-refractivity contribution in [1.82, 2.24) is 0 Å². The molecule has 2 amide bonds. The number of benzene rings is 2. The third-order valence-corrected chi connectivity index (χ3v) is 4.30. The molecule has 7 heteroatoms. The van der Waals surface area contributed by atoms with Crippen LogP contribution in [0, 0.1) is 0 Å². The summed E-state index contributed by atoms with van der Waals surface area (Å²) in [7, 11) is 2.67. The van der Waals surface area contributed by atoms with Crippen molar-refractivity contribution in [2.45, 2.75) is 0 Å². The van der Waals surface area contributed by atoms with Crippen molar-refractivity contribution in [2.75, 3.05) is 19.1 Å². The molecule has 1 aliphatic heterocycles. The van der Waals surface area contributed by atoms with Gasteiger partial charge < -0.3 is 9.47 Å². The minimum absolute atomic E-state index is 0.0539. The first-order valence-corrected chi connectivity index (χ1v) is 7.72. The van der Waals surface area contributed by atoms with E-state index in [2.05, 4.69) is 15.9 Å². The van der Waals surface area contributed by atoms with Gasteiger partial charge in [-0.1, -0.05) is 12.1 Å². The van der Waals surface area contributed by atoms with E-state index in [-0.39, 0.29) is 11.3 Å². The molecule has 122 valence electrons. The van der Waals surface area contributed by atoms with Gasteiger partial charge in [0.05, 0.1) is 36.6 Å². The Balaban J connectivity index is 2.22. The van der Waals surface area contributed by atoms with Crippen molar-refractivity contribution in [3.05, 3.63) is 57.6 Å². The highest BCUT2D eigenvalue weighted by Gasteiger charge is 2.39. The Morgan fingerprint density at radius 2 is 1.62 bits per heavy atom. The van der Waals surface area contributed by atoms with Gasteiger partial charge in [-0.2, -0.15) is 0 Å². The maximum atomic E-state index is 12.7. The molecule has 0 unspecified atom stereocenters.